The first-order valence-electron chi connectivity index (χ1n) is 11.6. The number of carbonyl (C=O) groups is 1. The van der Waals surface area contributed by atoms with Gasteiger partial charge in [0.05, 0.1) is 29.5 Å². The topological polar surface area (TPSA) is 72.9 Å². The van der Waals surface area contributed by atoms with Gasteiger partial charge in [-0.3, -0.25) is 4.79 Å². The molecule has 0 saturated carbocycles. The first-order valence-corrected chi connectivity index (χ1v) is 13.3. The van der Waals surface area contributed by atoms with E-state index < -0.39 is 15.7 Å². The molecule has 0 radical (unpaired) electrons. The monoisotopic (exact) mass is 487 g/mol. The Morgan fingerprint density at radius 3 is 2.59 bits per heavy atom. The van der Waals surface area contributed by atoms with Gasteiger partial charge in [-0.15, -0.1) is 0 Å². The highest BCUT2D eigenvalue weighted by atomic mass is 32.2. The van der Waals surface area contributed by atoms with Gasteiger partial charge in [-0.05, 0) is 60.6 Å². The average molecular weight is 488 g/mol. The molecular weight excluding hydrogens is 457 g/mol. The highest BCUT2D eigenvalue weighted by molar-refractivity contribution is 7.91. The van der Waals surface area contributed by atoms with Crippen molar-refractivity contribution in [3.05, 3.63) is 59.9 Å². The van der Waals surface area contributed by atoms with Gasteiger partial charge in [0, 0.05) is 25.2 Å². The molecule has 2 heterocycles. The molecular formula is C26H30FNO5S. The Kier molecular flexibility index (Phi) is 7.38. The van der Waals surface area contributed by atoms with Crippen molar-refractivity contribution in [2.45, 2.75) is 44.0 Å². The van der Waals surface area contributed by atoms with Crippen LogP contribution in [0.2, 0.25) is 0 Å². The molecule has 0 aromatic heterocycles. The molecule has 182 valence electrons. The Balaban J connectivity index is 1.58. The Hall–Kier alpha value is -2.71. The highest BCUT2D eigenvalue weighted by Gasteiger charge is 2.32. The van der Waals surface area contributed by atoms with Crippen LogP contribution in [0.4, 0.5) is 10.1 Å². The van der Waals surface area contributed by atoms with Crippen molar-refractivity contribution >= 4 is 27.0 Å². The van der Waals surface area contributed by atoms with Gasteiger partial charge in [0.1, 0.15) is 11.6 Å². The zero-order valence-electron chi connectivity index (χ0n) is 19.4. The van der Waals surface area contributed by atoms with Crippen LogP contribution in [0.1, 0.15) is 43.7 Å². The number of anilines is 1. The summed E-state index contributed by atoms with van der Waals surface area (Å²) in [5.41, 5.74) is 1.79. The van der Waals surface area contributed by atoms with Gasteiger partial charge in [-0.2, -0.15) is 0 Å². The van der Waals surface area contributed by atoms with Crippen LogP contribution in [0.25, 0.3) is 5.57 Å². The number of sulfone groups is 1. The summed E-state index contributed by atoms with van der Waals surface area (Å²) in [6.07, 6.45) is 2.33. The zero-order valence-corrected chi connectivity index (χ0v) is 20.2. The van der Waals surface area contributed by atoms with Crippen LogP contribution in [0.15, 0.2) is 47.9 Å². The second-order valence-corrected chi connectivity index (χ2v) is 10.9. The van der Waals surface area contributed by atoms with Crippen LogP contribution in [0.5, 0.6) is 5.75 Å². The van der Waals surface area contributed by atoms with Crippen molar-refractivity contribution in [1.29, 1.82) is 0 Å². The number of halogens is 1. The van der Waals surface area contributed by atoms with Gasteiger partial charge in [0.15, 0.2) is 9.84 Å². The smallest absolute Gasteiger partial charge is 0.228 e. The first-order chi connectivity index (χ1) is 16.3. The number of hydrogen-bond acceptors (Lipinski definition) is 5. The third kappa shape index (κ3) is 5.33. The third-order valence-corrected chi connectivity index (χ3v) is 8.20. The predicted octanol–water partition coefficient (Wildman–Crippen LogP) is 4.76. The first kappa shape index (κ1) is 24.4. The standard InChI is InChI=1S/C26H30FNO5S/c1-3-18(2)22-14-24-25(15-23(22)27)34(30,31)13-10-26(29)28(24)16-19-4-6-21(7-5-19)33-17-20-8-11-32-12-9-20/h4-7,14-15,20H,2-3,8-13,16-17H2,1H3. The Morgan fingerprint density at radius 2 is 1.91 bits per heavy atom. The molecule has 0 atom stereocenters. The lowest BCUT2D eigenvalue weighted by Gasteiger charge is -2.24. The van der Waals surface area contributed by atoms with E-state index in [0.717, 1.165) is 43.4 Å². The molecule has 34 heavy (non-hydrogen) atoms. The lowest BCUT2D eigenvalue weighted by Crippen LogP contribution is -2.30. The largest absolute Gasteiger partial charge is 0.493 e. The van der Waals surface area contributed by atoms with Crippen molar-refractivity contribution in [3.8, 4) is 5.75 Å². The molecule has 8 heteroatoms. The number of allylic oxidation sites excluding steroid dienone is 1. The maximum atomic E-state index is 14.7. The number of nitrogens with zero attached hydrogens (tertiary/aromatic N) is 1. The van der Waals surface area contributed by atoms with E-state index in [-0.39, 0.29) is 40.8 Å². The lowest BCUT2D eigenvalue weighted by atomic mass is 10.0. The van der Waals surface area contributed by atoms with Gasteiger partial charge >= 0.3 is 0 Å². The molecule has 4 rings (SSSR count). The van der Waals surface area contributed by atoms with E-state index in [2.05, 4.69) is 6.58 Å². The van der Waals surface area contributed by atoms with Crippen molar-refractivity contribution in [1.82, 2.24) is 0 Å². The molecule has 2 aliphatic rings. The third-order valence-electron chi connectivity index (χ3n) is 6.46. The van der Waals surface area contributed by atoms with Crippen LogP contribution in [-0.4, -0.2) is 39.9 Å². The second kappa shape index (κ2) is 10.3. The number of rotatable bonds is 7. The number of fused-ring (bicyclic) bond motifs is 1. The molecule has 6 nitrogen and oxygen atoms in total. The molecule has 2 aromatic carbocycles. The Labute approximate surface area is 200 Å². The minimum Gasteiger partial charge on any atom is -0.493 e. The van der Waals surface area contributed by atoms with E-state index in [4.69, 9.17) is 9.47 Å². The van der Waals surface area contributed by atoms with Gasteiger partial charge < -0.3 is 14.4 Å². The van der Waals surface area contributed by atoms with Gasteiger partial charge in [0.25, 0.3) is 0 Å². The SMILES string of the molecule is C=C(CC)c1cc2c(cc1F)S(=O)(=O)CCC(=O)N2Cc1ccc(OCC2CCOCC2)cc1. The van der Waals surface area contributed by atoms with Gasteiger partial charge in [0.2, 0.25) is 5.91 Å². The van der Waals surface area contributed by atoms with E-state index in [1.54, 1.807) is 0 Å². The summed E-state index contributed by atoms with van der Waals surface area (Å²) in [6.45, 7) is 8.08. The van der Waals surface area contributed by atoms with Crippen LogP contribution in [-0.2, 0) is 25.9 Å². The summed E-state index contributed by atoms with van der Waals surface area (Å²) in [4.78, 5) is 14.2. The summed E-state index contributed by atoms with van der Waals surface area (Å²) >= 11 is 0. The highest BCUT2D eigenvalue weighted by Crippen LogP contribution is 2.36. The quantitative estimate of drug-likeness (QED) is 0.563. The fourth-order valence-corrected chi connectivity index (χ4v) is 5.67. The van der Waals surface area contributed by atoms with Crippen molar-refractivity contribution in [2.75, 3.05) is 30.5 Å². The summed E-state index contributed by atoms with van der Waals surface area (Å²) in [7, 11) is -3.79. The maximum absolute atomic E-state index is 14.7. The van der Waals surface area contributed by atoms with E-state index in [1.807, 2.05) is 31.2 Å². The van der Waals surface area contributed by atoms with Crippen molar-refractivity contribution in [3.63, 3.8) is 0 Å². The van der Waals surface area contributed by atoms with E-state index in [0.29, 0.717) is 24.5 Å². The van der Waals surface area contributed by atoms with Crippen LogP contribution < -0.4 is 9.64 Å². The minimum atomic E-state index is -3.79. The fraction of sp³-hybridized carbons (Fsp3) is 0.423. The van der Waals surface area contributed by atoms with Gasteiger partial charge in [-0.25, -0.2) is 12.8 Å². The fourth-order valence-electron chi connectivity index (χ4n) is 4.24. The summed E-state index contributed by atoms with van der Waals surface area (Å²) < 4.78 is 51.6. The molecule has 0 unspecified atom stereocenters. The molecule has 1 saturated heterocycles. The van der Waals surface area contributed by atoms with Crippen molar-refractivity contribution < 1.29 is 27.1 Å². The summed E-state index contributed by atoms with van der Waals surface area (Å²) in [5.74, 6) is -0.0867. The molecule has 1 fully saturated rings. The number of hydrogen-bond donors (Lipinski definition) is 0. The molecule has 0 N–H and O–H groups in total. The van der Waals surface area contributed by atoms with E-state index >= 15 is 0 Å². The second-order valence-electron chi connectivity index (χ2n) is 8.82. The Morgan fingerprint density at radius 1 is 1.21 bits per heavy atom. The van der Waals surface area contributed by atoms with E-state index in [1.165, 1.54) is 11.0 Å². The molecule has 0 spiro atoms. The van der Waals surface area contributed by atoms with Gasteiger partial charge in [-0.1, -0.05) is 25.6 Å². The molecule has 0 aliphatic carbocycles. The zero-order chi connectivity index (χ0) is 24.3. The van der Waals surface area contributed by atoms with Crippen LogP contribution in [0, 0.1) is 11.7 Å². The molecule has 0 bridgehead atoms. The molecule has 1 amide bonds. The average Bonchev–Trinajstić information content (AvgIpc) is 2.93. The molecule has 2 aliphatic heterocycles. The van der Waals surface area contributed by atoms with Crippen LogP contribution >= 0.6 is 0 Å². The maximum Gasteiger partial charge on any atom is 0.228 e. The summed E-state index contributed by atoms with van der Waals surface area (Å²) in [6, 6.07) is 9.90. The molecule has 2 aromatic rings. The number of carbonyl (C=O) groups excluding carboxylic acids is 1. The Bertz CT molecular complexity index is 1170. The minimum absolute atomic E-state index is 0.153. The van der Waals surface area contributed by atoms with E-state index in [9.17, 15) is 17.6 Å². The number of amides is 1. The number of benzene rings is 2. The summed E-state index contributed by atoms with van der Waals surface area (Å²) in [5, 5.41) is 0. The normalized spacial score (nSPS) is 18.3. The number of ether oxygens (including phenoxy) is 2. The predicted molar refractivity (Wildman–Crippen MR) is 129 cm³/mol. The van der Waals surface area contributed by atoms with Crippen molar-refractivity contribution in [2.24, 2.45) is 5.92 Å². The van der Waals surface area contributed by atoms with Crippen LogP contribution in [0.3, 0.4) is 0 Å². The lowest BCUT2D eigenvalue weighted by molar-refractivity contribution is -0.118.